The minimum atomic E-state index is -2.72. The van der Waals surface area contributed by atoms with Crippen molar-refractivity contribution in [2.45, 2.75) is 24.9 Å². The number of benzene rings is 1. The molecule has 0 radical (unpaired) electrons. The predicted octanol–water partition coefficient (Wildman–Crippen LogP) is 2.74. The molecule has 26 heavy (non-hydrogen) atoms. The van der Waals surface area contributed by atoms with E-state index in [2.05, 4.69) is 32.3 Å². The van der Waals surface area contributed by atoms with Crippen LogP contribution in [0.1, 0.15) is 29.8 Å². The van der Waals surface area contributed by atoms with Gasteiger partial charge in [0.1, 0.15) is 11.4 Å². The molecule has 1 atom stereocenters. The topological polar surface area (TPSA) is 55.5 Å². The number of alkyl halides is 2. The van der Waals surface area contributed by atoms with Gasteiger partial charge < -0.3 is 9.64 Å². The molecule has 2 aromatic heterocycles. The van der Waals surface area contributed by atoms with Gasteiger partial charge in [-0.1, -0.05) is 24.3 Å². The molecule has 1 saturated heterocycles. The van der Waals surface area contributed by atoms with Gasteiger partial charge in [0.15, 0.2) is 5.65 Å². The summed E-state index contributed by atoms with van der Waals surface area (Å²) in [7, 11) is 0. The number of hydrogen-bond acceptors (Lipinski definition) is 5. The molecule has 5 rings (SSSR count). The lowest BCUT2D eigenvalue weighted by molar-refractivity contribution is -0.0594. The first-order chi connectivity index (χ1) is 12.7. The van der Waals surface area contributed by atoms with Gasteiger partial charge in [0.05, 0.1) is 13.2 Å². The number of fused-ring (bicyclic) bond motifs is 3. The highest BCUT2D eigenvalue weighted by molar-refractivity contribution is 5.48. The van der Waals surface area contributed by atoms with Crippen LogP contribution in [0.4, 0.5) is 14.6 Å². The number of morpholine rings is 1. The van der Waals surface area contributed by atoms with Gasteiger partial charge in [-0.15, -0.1) is 15.3 Å². The second-order valence-corrected chi connectivity index (χ2v) is 6.74. The van der Waals surface area contributed by atoms with E-state index in [4.69, 9.17) is 4.74 Å². The van der Waals surface area contributed by atoms with E-state index in [9.17, 15) is 8.78 Å². The van der Waals surface area contributed by atoms with Crippen molar-refractivity contribution in [3.8, 4) is 0 Å². The van der Waals surface area contributed by atoms with E-state index < -0.39 is 12.2 Å². The third-order valence-corrected chi connectivity index (χ3v) is 5.28. The fourth-order valence-corrected chi connectivity index (χ4v) is 4.05. The Hall–Kier alpha value is -2.61. The van der Waals surface area contributed by atoms with Crippen LogP contribution < -0.4 is 4.90 Å². The first-order valence-electron chi connectivity index (χ1n) is 8.64. The average molecular weight is 357 g/mol. The Morgan fingerprint density at radius 1 is 1.12 bits per heavy atom. The monoisotopic (exact) mass is 357 g/mol. The van der Waals surface area contributed by atoms with Crippen LogP contribution in [0.5, 0.6) is 0 Å². The summed E-state index contributed by atoms with van der Waals surface area (Å²) < 4.78 is 33.6. The third kappa shape index (κ3) is 2.28. The Balaban J connectivity index is 1.51. The summed E-state index contributed by atoms with van der Waals surface area (Å²) in [5, 5.41) is 11.7. The van der Waals surface area contributed by atoms with E-state index in [1.54, 1.807) is 12.1 Å². The molecule has 0 N–H and O–H groups in total. The normalized spacial score (nSPS) is 22.5. The summed E-state index contributed by atoms with van der Waals surface area (Å²) in [5.41, 5.74) is 2.50. The summed E-state index contributed by atoms with van der Waals surface area (Å²) in [6, 6.07) is 11.8. The average Bonchev–Trinajstić information content (AvgIpc) is 3.24. The lowest BCUT2D eigenvalue weighted by atomic mass is 9.93. The molecule has 1 aromatic carbocycles. The summed E-state index contributed by atoms with van der Waals surface area (Å²) in [6.45, 7) is 1.88. The van der Waals surface area contributed by atoms with Crippen LogP contribution in [-0.4, -0.2) is 39.5 Å². The summed E-state index contributed by atoms with van der Waals surface area (Å²) in [5.74, 6) is 0.197. The molecule has 1 spiro atoms. The van der Waals surface area contributed by atoms with Gasteiger partial charge in [0.25, 0.3) is 6.43 Å². The van der Waals surface area contributed by atoms with Crippen LogP contribution in [0.15, 0.2) is 36.4 Å². The Labute approximate surface area is 148 Å². The fraction of sp³-hybridized carbons (Fsp3) is 0.389. The lowest BCUT2D eigenvalue weighted by Gasteiger charge is -2.41. The summed E-state index contributed by atoms with van der Waals surface area (Å²) >= 11 is 0. The second kappa shape index (κ2) is 5.70. The van der Waals surface area contributed by atoms with Gasteiger partial charge in [0, 0.05) is 6.54 Å². The smallest absolute Gasteiger partial charge is 0.299 e. The zero-order chi connectivity index (χ0) is 17.7. The quantitative estimate of drug-likeness (QED) is 0.706. The molecular formula is C18H17F2N5O. The van der Waals surface area contributed by atoms with Crippen LogP contribution in [0.3, 0.4) is 0 Å². The molecule has 134 valence electrons. The first-order valence-corrected chi connectivity index (χ1v) is 8.64. The highest BCUT2D eigenvalue weighted by Gasteiger charge is 2.43. The van der Waals surface area contributed by atoms with Crippen molar-refractivity contribution in [2.24, 2.45) is 0 Å². The number of anilines is 1. The summed E-state index contributed by atoms with van der Waals surface area (Å²) in [6.07, 6.45) is -0.817. The molecule has 1 fully saturated rings. The van der Waals surface area contributed by atoms with E-state index in [1.165, 1.54) is 11.1 Å². The van der Waals surface area contributed by atoms with Crippen molar-refractivity contribution in [3.05, 3.63) is 53.3 Å². The number of hydrogen-bond donors (Lipinski definition) is 0. The number of nitrogens with zero attached hydrogens (tertiary/aromatic N) is 5. The zero-order valence-electron chi connectivity index (χ0n) is 14.0. The Kier molecular flexibility index (Phi) is 3.43. The van der Waals surface area contributed by atoms with E-state index in [0.29, 0.717) is 31.2 Å². The molecule has 1 aliphatic carbocycles. The zero-order valence-corrected chi connectivity index (χ0v) is 14.0. The Morgan fingerprint density at radius 2 is 2.00 bits per heavy atom. The molecule has 6 nitrogen and oxygen atoms in total. The minimum absolute atomic E-state index is 0.318. The third-order valence-electron chi connectivity index (χ3n) is 5.28. The highest BCUT2D eigenvalue weighted by Crippen LogP contribution is 2.42. The summed E-state index contributed by atoms with van der Waals surface area (Å²) in [4.78, 5) is 2.10. The van der Waals surface area contributed by atoms with Gasteiger partial charge in [-0.25, -0.2) is 8.78 Å². The highest BCUT2D eigenvalue weighted by atomic mass is 19.3. The molecule has 0 amide bonds. The number of rotatable bonds is 2. The van der Waals surface area contributed by atoms with E-state index in [-0.39, 0.29) is 5.60 Å². The van der Waals surface area contributed by atoms with Crippen molar-refractivity contribution < 1.29 is 13.5 Å². The molecule has 3 heterocycles. The number of aromatic nitrogens is 4. The fourth-order valence-electron chi connectivity index (χ4n) is 4.05. The van der Waals surface area contributed by atoms with E-state index in [0.717, 1.165) is 17.4 Å². The van der Waals surface area contributed by atoms with Gasteiger partial charge in [0.2, 0.25) is 5.82 Å². The second-order valence-electron chi connectivity index (χ2n) is 6.74. The number of aryl methyl sites for hydroxylation is 1. The maximum atomic E-state index is 13.1. The standard InChI is InChI=1S/C18H17F2N5O/c19-16(20)17-22-21-14-5-6-15(23-25(14)17)24-9-10-26-18(11-24)8-7-12-3-1-2-4-13(12)18/h1-6,16H,7-11H2. The molecule has 3 aromatic rings. The molecule has 8 heteroatoms. The maximum Gasteiger partial charge on any atom is 0.299 e. The Morgan fingerprint density at radius 3 is 2.88 bits per heavy atom. The van der Waals surface area contributed by atoms with Crippen molar-refractivity contribution >= 4 is 11.5 Å². The maximum absolute atomic E-state index is 13.1. The molecular weight excluding hydrogens is 340 g/mol. The molecule has 0 saturated carbocycles. The van der Waals surface area contributed by atoms with Gasteiger partial charge >= 0.3 is 0 Å². The largest absolute Gasteiger partial charge is 0.367 e. The van der Waals surface area contributed by atoms with Crippen LogP contribution in [-0.2, 0) is 16.8 Å². The minimum Gasteiger partial charge on any atom is -0.367 e. The molecule has 0 bridgehead atoms. The van der Waals surface area contributed by atoms with Gasteiger partial charge in [-0.2, -0.15) is 4.52 Å². The van der Waals surface area contributed by atoms with Crippen LogP contribution in [0, 0.1) is 0 Å². The van der Waals surface area contributed by atoms with E-state index in [1.807, 2.05) is 12.1 Å². The van der Waals surface area contributed by atoms with Gasteiger partial charge in [-0.05, 0) is 36.1 Å². The molecule has 2 aliphatic rings. The van der Waals surface area contributed by atoms with Crippen molar-refractivity contribution in [3.63, 3.8) is 0 Å². The van der Waals surface area contributed by atoms with E-state index >= 15 is 0 Å². The number of ether oxygens (including phenoxy) is 1. The molecule has 1 unspecified atom stereocenters. The van der Waals surface area contributed by atoms with Gasteiger partial charge in [-0.3, -0.25) is 0 Å². The van der Waals surface area contributed by atoms with Crippen LogP contribution in [0.25, 0.3) is 5.65 Å². The van der Waals surface area contributed by atoms with Crippen molar-refractivity contribution in [1.29, 1.82) is 0 Å². The van der Waals surface area contributed by atoms with Crippen molar-refractivity contribution in [2.75, 3.05) is 24.6 Å². The molecule has 1 aliphatic heterocycles. The van der Waals surface area contributed by atoms with Crippen molar-refractivity contribution in [1.82, 2.24) is 19.8 Å². The predicted molar refractivity (Wildman–Crippen MR) is 90.3 cm³/mol. The van der Waals surface area contributed by atoms with Crippen LogP contribution in [0.2, 0.25) is 0 Å². The lowest BCUT2D eigenvalue weighted by Crippen LogP contribution is -2.49. The Bertz CT molecular complexity index is 971. The van der Waals surface area contributed by atoms with Crippen LogP contribution >= 0.6 is 0 Å². The number of halogens is 2. The first kappa shape index (κ1) is 15.6. The SMILES string of the molecule is FC(F)c1nnc2ccc(N3CCOC4(CCc5ccccc54)C3)nn12.